The van der Waals surface area contributed by atoms with E-state index in [0.29, 0.717) is 16.5 Å². The van der Waals surface area contributed by atoms with Crippen molar-refractivity contribution in [1.29, 1.82) is 0 Å². The number of nitrogens with one attached hydrogen (secondary N) is 2. The average Bonchev–Trinajstić information content (AvgIpc) is 2.36. The van der Waals surface area contributed by atoms with E-state index in [1.807, 2.05) is 0 Å². The molecule has 5 nitrogen and oxygen atoms in total. The van der Waals surface area contributed by atoms with Gasteiger partial charge in [-0.05, 0) is 18.2 Å². The lowest BCUT2D eigenvalue weighted by atomic mass is 10.3. The molecule has 1 aromatic rings. The summed E-state index contributed by atoms with van der Waals surface area (Å²) in [6, 6.07) is 4.68. The van der Waals surface area contributed by atoms with Crippen LogP contribution in [-0.4, -0.2) is 25.5 Å². The van der Waals surface area contributed by atoms with Crippen LogP contribution in [0.5, 0.6) is 5.75 Å². The molecule has 0 saturated carbocycles. The third-order valence-electron chi connectivity index (χ3n) is 2.02. The van der Waals surface area contributed by atoms with E-state index in [0.717, 1.165) is 0 Å². The summed E-state index contributed by atoms with van der Waals surface area (Å²) < 4.78 is 4.97. The zero-order valence-electron chi connectivity index (χ0n) is 9.83. The Morgan fingerprint density at radius 1 is 1.44 bits per heavy atom. The van der Waals surface area contributed by atoms with Crippen LogP contribution in [-0.2, 0) is 9.59 Å². The summed E-state index contributed by atoms with van der Waals surface area (Å²) in [5, 5.41) is 5.13. The molecule has 0 bridgehead atoms. The van der Waals surface area contributed by atoms with Gasteiger partial charge in [-0.1, -0.05) is 17.7 Å². The van der Waals surface area contributed by atoms with E-state index in [9.17, 15) is 9.59 Å². The van der Waals surface area contributed by atoms with Gasteiger partial charge in [-0.2, -0.15) is 0 Å². The molecule has 1 rings (SSSR count). The molecule has 0 fully saturated rings. The quantitative estimate of drug-likeness (QED) is 0.644. The Hall–Kier alpha value is -2.01. The molecule has 0 heterocycles. The van der Waals surface area contributed by atoms with Crippen LogP contribution >= 0.6 is 11.6 Å². The van der Waals surface area contributed by atoms with Crippen LogP contribution in [0.25, 0.3) is 0 Å². The number of amides is 2. The summed E-state index contributed by atoms with van der Waals surface area (Å²) >= 11 is 5.89. The molecule has 0 aromatic heterocycles. The molecule has 0 aliphatic carbocycles. The van der Waals surface area contributed by atoms with Gasteiger partial charge in [0.15, 0.2) is 0 Å². The number of hydrogen-bond acceptors (Lipinski definition) is 3. The highest BCUT2D eigenvalue weighted by Gasteiger charge is 2.13. The first-order chi connectivity index (χ1) is 8.58. The first-order valence-electron chi connectivity index (χ1n) is 5.12. The Kier molecular flexibility index (Phi) is 5.20. The second-order valence-electron chi connectivity index (χ2n) is 3.30. The highest BCUT2D eigenvalue weighted by Crippen LogP contribution is 2.27. The summed E-state index contributed by atoms with van der Waals surface area (Å²) in [7, 11) is 1.49. The molecule has 0 spiro atoms. The van der Waals surface area contributed by atoms with Gasteiger partial charge in [0.2, 0.25) is 0 Å². The van der Waals surface area contributed by atoms with Gasteiger partial charge < -0.3 is 15.4 Å². The molecule has 18 heavy (non-hydrogen) atoms. The van der Waals surface area contributed by atoms with E-state index in [-0.39, 0.29) is 6.54 Å². The Morgan fingerprint density at radius 2 is 2.17 bits per heavy atom. The fraction of sp³-hybridized carbons (Fsp3) is 0.167. The van der Waals surface area contributed by atoms with Gasteiger partial charge in [0.25, 0.3) is 0 Å². The monoisotopic (exact) mass is 268 g/mol. The molecule has 2 amide bonds. The lowest BCUT2D eigenvalue weighted by Crippen LogP contribution is -2.35. The minimum Gasteiger partial charge on any atom is -0.495 e. The van der Waals surface area contributed by atoms with E-state index in [1.165, 1.54) is 19.3 Å². The molecule has 0 aliphatic heterocycles. The van der Waals surface area contributed by atoms with Crippen LogP contribution in [0.4, 0.5) is 5.69 Å². The molecule has 0 radical (unpaired) electrons. The Bertz CT molecular complexity index is 474. The van der Waals surface area contributed by atoms with Gasteiger partial charge in [0.05, 0.1) is 12.1 Å². The van der Waals surface area contributed by atoms with Gasteiger partial charge in [0.1, 0.15) is 5.75 Å². The predicted molar refractivity (Wildman–Crippen MR) is 69.8 cm³/mol. The maximum atomic E-state index is 11.5. The molecular weight excluding hydrogens is 256 g/mol. The largest absolute Gasteiger partial charge is 0.495 e. The Labute approximate surface area is 110 Å². The van der Waals surface area contributed by atoms with Gasteiger partial charge in [-0.25, -0.2) is 0 Å². The van der Waals surface area contributed by atoms with Crippen molar-refractivity contribution in [2.45, 2.75) is 0 Å². The summed E-state index contributed by atoms with van der Waals surface area (Å²) in [5.41, 5.74) is 0.416. The molecule has 0 atom stereocenters. The van der Waals surface area contributed by atoms with Crippen LogP contribution in [0.1, 0.15) is 0 Å². The van der Waals surface area contributed by atoms with E-state index < -0.39 is 11.8 Å². The van der Waals surface area contributed by atoms with Crippen molar-refractivity contribution < 1.29 is 14.3 Å². The molecule has 6 heteroatoms. The van der Waals surface area contributed by atoms with E-state index in [1.54, 1.807) is 12.1 Å². The highest BCUT2D eigenvalue weighted by atomic mass is 35.5. The number of carbonyl (C=O) groups is 2. The van der Waals surface area contributed by atoms with E-state index in [2.05, 4.69) is 17.2 Å². The molecule has 0 aliphatic rings. The van der Waals surface area contributed by atoms with Crippen molar-refractivity contribution >= 4 is 29.1 Å². The number of carbonyl (C=O) groups excluding carboxylic acids is 2. The minimum absolute atomic E-state index is 0.232. The summed E-state index contributed by atoms with van der Waals surface area (Å²) in [5.74, 6) is -1.01. The maximum Gasteiger partial charge on any atom is 0.313 e. The normalized spacial score (nSPS) is 9.44. The first-order valence-corrected chi connectivity index (χ1v) is 5.50. The molecule has 0 saturated heterocycles. The van der Waals surface area contributed by atoms with Crippen molar-refractivity contribution in [3.63, 3.8) is 0 Å². The number of anilines is 1. The number of rotatable bonds is 4. The van der Waals surface area contributed by atoms with E-state index in [4.69, 9.17) is 16.3 Å². The van der Waals surface area contributed by atoms with E-state index >= 15 is 0 Å². The number of ether oxygens (including phenoxy) is 1. The zero-order valence-corrected chi connectivity index (χ0v) is 10.6. The third-order valence-corrected chi connectivity index (χ3v) is 2.32. The fourth-order valence-electron chi connectivity index (χ4n) is 1.18. The molecule has 2 N–H and O–H groups in total. The van der Waals surface area contributed by atoms with Crippen molar-refractivity contribution in [3.8, 4) is 5.75 Å². The van der Waals surface area contributed by atoms with Crippen molar-refractivity contribution in [2.75, 3.05) is 19.0 Å². The first kappa shape index (κ1) is 14.1. The van der Waals surface area contributed by atoms with Crippen molar-refractivity contribution in [2.24, 2.45) is 0 Å². The van der Waals surface area contributed by atoms with Gasteiger partial charge in [-0.15, -0.1) is 6.58 Å². The summed E-state index contributed by atoms with van der Waals surface area (Å²) in [6.45, 7) is 3.66. The molecule has 1 aromatic carbocycles. The second kappa shape index (κ2) is 6.66. The average molecular weight is 269 g/mol. The Morgan fingerprint density at radius 3 is 2.72 bits per heavy atom. The lowest BCUT2D eigenvalue weighted by Gasteiger charge is -2.07. The van der Waals surface area contributed by atoms with Crippen LogP contribution in [0.2, 0.25) is 5.02 Å². The highest BCUT2D eigenvalue weighted by molar-refractivity contribution is 6.40. The smallest absolute Gasteiger partial charge is 0.313 e. The van der Waals surface area contributed by atoms with Gasteiger partial charge in [0, 0.05) is 12.2 Å². The number of halogens is 1. The number of methoxy groups -OCH3 is 1. The van der Waals surface area contributed by atoms with Crippen LogP contribution < -0.4 is 15.4 Å². The fourth-order valence-corrected chi connectivity index (χ4v) is 1.43. The number of benzene rings is 1. The van der Waals surface area contributed by atoms with Crippen molar-refractivity contribution in [3.05, 3.63) is 35.9 Å². The summed E-state index contributed by atoms with van der Waals surface area (Å²) in [4.78, 5) is 22.7. The van der Waals surface area contributed by atoms with Crippen LogP contribution in [0, 0.1) is 0 Å². The topological polar surface area (TPSA) is 67.4 Å². The maximum absolute atomic E-state index is 11.5. The standard InChI is InChI=1S/C12H13ClN2O3/c1-3-6-14-11(16)12(17)15-8-4-5-10(18-2)9(13)7-8/h3-5,7H,1,6H2,2H3,(H,14,16)(H,15,17). The molecule has 0 unspecified atom stereocenters. The Balaban J connectivity index is 2.67. The summed E-state index contributed by atoms with van der Waals surface area (Å²) in [6.07, 6.45) is 1.48. The third kappa shape index (κ3) is 3.78. The lowest BCUT2D eigenvalue weighted by molar-refractivity contribution is -0.136. The van der Waals surface area contributed by atoms with Crippen molar-refractivity contribution in [1.82, 2.24) is 5.32 Å². The van der Waals surface area contributed by atoms with Crippen LogP contribution in [0.15, 0.2) is 30.9 Å². The van der Waals surface area contributed by atoms with Gasteiger partial charge >= 0.3 is 11.8 Å². The zero-order chi connectivity index (χ0) is 13.5. The predicted octanol–water partition coefficient (Wildman–Crippen LogP) is 1.59. The van der Waals surface area contributed by atoms with Gasteiger partial charge in [-0.3, -0.25) is 9.59 Å². The van der Waals surface area contributed by atoms with Crippen LogP contribution in [0.3, 0.4) is 0 Å². The second-order valence-corrected chi connectivity index (χ2v) is 3.71. The molecule has 96 valence electrons. The minimum atomic E-state index is -0.766. The molecular formula is C12H13ClN2O3. The SMILES string of the molecule is C=CCNC(=O)C(=O)Nc1ccc(OC)c(Cl)c1. The number of hydrogen-bond donors (Lipinski definition) is 2.